The van der Waals surface area contributed by atoms with Crippen molar-refractivity contribution in [3.8, 4) is 17.6 Å². The number of hydrogen-bond acceptors (Lipinski definition) is 3. The Morgan fingerprint density at radius 2 is 2.11 bits per heavy atom. The van der Waals surface area contributed by atoms with E-state index in [9.17, 15) is 22.4 Å². The molecule has 0 unspecified atom stereocenters. The molecule has 1 aromatic rings. The monoisotopic (exact) mass is 292 g/mol. The summed E-state index contributed by atoms with van der Waals surface area (Å²) in [6.07, 6.45) is -4.84. The Kier molecular flexibility index (Phi) is 5.24. The third-order valence-electron chi connectivity index (χ3n) is 1.74. The molecule has 0 aliphatic carbocycles. The minimum absolute atomic E-state index is 0.138. The van der Waals surface area contributed by atoms with Gasteiger partial charge in [0.15, 0.2) is 5.12 Å². The summed E-state index contributed by atoms with van der Waals surface area (Å²) in [5.74, 6) is 3.67. The summed E-state index contributed by atoms with van der Waals surface area (Å²) in [5, 5.41) is -0.149. The van der Waals surface area contributed by atoms with Crippen molar-refractivity contribution in [2.75, 3.05) is 5.75 Å². The van der Waals surface area contributed by atoms with Gasteiger partial charge in [-0.3, -0.25) is 4.79 Å². The highest BCUT2D eigenvalue weighted by molar-refractivity contribution is 8.13. The van der Waals surface area contributed by atoms with Gasteiger partial charge in [-0.2, -0.15) is 0 Å². The average Bonchev–Trinajstić information content (AvgIpc) is 2.26. The molecule has 0 aromatic heterocycles. The standard InChI is InChI=1S/C12H8F4O2S/c1-8(17)19-6-2-3-9-7-10(4-5-11(9)13)18-12(14,15)16/h4-5,7H,6H2,1H3. The minimum Gasteiger partial charge on any atom is -0.406 e. The molecule has 0 N–H and O–H groups in total. The second kappa shape index (κ2) is 6.48. The summed E-state index contributed by atoms with van der Waals surface area (Å²) in [7, 11) is 0. The maximum absolute atomic E-state index is 13.3. The van der Waals surface area contributed by atoms with Crippen LogP contribution in [0.2, 0.25) is 0 Å². The Labute approximate surface area is 111 Å². The van der Waals surface area contributed by atoms with E-state index in [1.165, 1.54) is 6.92 Å². The summed E-state index contributed by atoms with van der Waals surface area (Å²) in [5.41, 5.74) is -0.217. The smallest absolute Gasteiger partial charge is 0.406 e. The topological polar surface area (TPSA) is 26.3 Å². The zero-order valence-corrected chi connectivity index (χ0v) is 10.5. The molecule has 0 amide bonds. The Hall–Kier alpha value is -1.68. The minimum atomic E-state index is -4.84. The zero-order valence-electron chi connectivity index (χ0n) is 9.68. The first-order valence-electron chi connectivity index (χ1n) is 4.95. The molecule has 0 radical (unpaired) electrons. The average molecular weight is 292 g/mol. The van der Waals surface area contributed by atoms with Gasteiger partial charge < -0.3 is 4.74 Å². The first kappa shape index (κ1) is 15.4. The van der Waals surface area contributed by atoms with Gasteiger partial charge in [0.1, 0.15) is 11.6 Å². The van der Waals surface area contributed by atoms with Gasteiger partial charge in [-0.25, -0.2) is 4.39 Å². The highest BCUT2D eigenvalue weighted by Gasteiger charge is 2.31. The van der Waals surface area contributed by atoms with E-state index in [0.29, 0.717) is 0 Å². The fourth-order valence-electron chi connectivity index (χ4n) is 1.07. The van der Waals surface area contributed by atoms with Crippen LogP contribution in [0, 0.1) is 17.7 Å². The summed E-state index contributed by atoms with van der Waals surface area (Å²) in [4.78, 5) is 10.6. The van der Waals surface area contributed by atoms with Crippen molar-refractivity contribution in [3.63, 3.8) is 0 Å². The molecule has 0 aliphatic rings. The predicted octanol–water partition coefficient (Wildman–Crippen LogP) is 3.36. The Balaban J connectivity index is 2.82. The lowest BCUT2D eigenvalue weighted by Gasteiger charge is -2.08. The lowest BCUT2D eigenvalue weighted by molar-refractivity contribution is -0.274. The van der Waals surface area contributed by atoms with Crippen LogP contribution in [0.4, 0.5) is 17.6 Å². The number of alkyl halides is 3. The number of ether oxygens (including phenoxy) is 1. The molecule has 102 valence electrons. The van der Waals surface area contributed by atoms with Crippen LogP contribution in [0.5, 0.6) is 5.75 Å². The van der Waals surface area contributed by atoms with Crippen molar-refractivity contribution in [3.05, 3.63) is 29.6 Å². The molecule has 0 saturated carbocycles. The van der Waals surface area contributed by atoms with Crippen LogP contribution in [0.3, 0.4) is 0 Å². The molecular formula is C12H8F4O2S. The van der Waals surface area contributed by atoms with E-state index in [1.54, 1.807) is 0 Å². The SMILES string of the molecule is CC(=O)SCC#Cc1cc(OC(F)(F)F)ccc1F. The van der Waals surface area contributed by atoms with Gasteiger partial charge in [0.2, 0.25) is 0 Å². The number of benzene rings is 1. The van der Waals surface area contributed by atoms with E-state index in [4.69, 9.17) is 0 Å². The fourth-order valence-corrected chi connectivity index (χ4v) is 1.41. The van der Waals surface area contributed by atoms with E-state index in [-0.39, 0.29) is 16.4 Å². The van der Waals surface area contributed by atoms with Crippen molar-refractivity contribution in [1.29, 1.82) is 0 Å². The van der Waals surface area contributed by atoms with Gasteiger partial charge in [0, 0.05) is 6.92 Å². The van der Waals surface area contributed by atoms with Crippen molar-refractivity contribution < 1.29 is 27.1 Å². The number of thioether (sulfide) groups is 1. The lowest BCUT2D eigenvalue weighted by Crippen LogP contribution is -2.17. The molecule has 0 bridgehead atoms. The summed E-state index contributed by atoms with van der Waals surface area (Å²) in [6.45, 7) is 1.35. The normalized spacial score (nSPS) is 10.6. The third-order valence-corrected chi connectivity index (χ3v) is 2.44. The van der Waals surface area contributed by atoms with Gasteiger partial charge in [0.05, 0.1) is 11.3 Å². The summed E-state index contributed by atoms with van der Waals surface area (Å²) < 4.78 is 52.9. The van der Waals surface area contributed by atoms with Gasteiger partial charge in [-0.05, 0) is 18.2 Å². The molecule has 7 heteroatoms. The van der Waals surface area contributed by atoms with Crippen LogP contribution >= 0.6 is 11.8 Å². The van der Waals surface area contributed by atoms with Crippen LogP contribution in [-0.2, 0) is 4.79 Å². The number of carbonyl (C=O) groups is 1. The predicted molar refractivity (Wildman–Crippen MR) is 63.1 cm³/mol. The van der Waals surface area contributed by atoms with Gasteiger partial charge >= 0.3 is 6.36 Å². The van der Waals surface area contributed by atoms with Crippen molar-refractivity contribution in [2.45, 2.75) is 13.3 Å². The molecule has 0 fully saturated rings. The van der Waals surface area contributed by atoms with Crippen LogP contribution in [0.25, 0.3) is 0 Å². The summed E-state index contributed by atoms with van der Waals surface area (Å²) in [6, 6.07) is 2.55. The van der Waals surface area contributed by atoms with E-state index < -0.39 is 17.9 Å². The van der Waals surface area contributed by atoms with Gasteiger partial charge in [-0.1, -0.05) is 23.6 Å². The maximum Gasteiger partial charge on any atom is 0.573 e. The van der Waals surface area contributed by atoms with Crippen molar-refractivity contribution in [1.82, 2.24) is 0 Å². The van der Waals surface area contributed by atoms with E-state index in [0.717, 1.165) is 30.0 Å². The largest absolute Gasteiger partial charge is 0.573 e. The molecule has 0 saturated heterocycles. The van der Waals surface area contributed by atoms with Gasteiger partial charge in [-0.15, -0.1) is 13.2 Å². The fraction of sp³-hybridized carbons (Fsp3) is 0.250. The Morgan fingerprint density at radius 1 is 1.42 bits per heavy atom. The lowest BCUT2D eigenvalue weighted by atomic mass is 10.2. The second-order valence-corrected chi connectivity index (χ2v) is 4.42. The summed E-state index contributed by atoms with van der Waals surface area (Å²) >= 11 is 0.924. The first-order chi connectivity index (χ1) is 8.78. The molecular weight excluding hydrogens is 284 g/mol. The zero-order chi connectivity index (χ0) is 14.5. The number of rotatable bonds is 2. The molecule has 0 atom stereocenters. The van der Waals surface area contributed by atoms with Crippen molar-refractivity contribution in [2.24, 2.45) is 0 Å². The molecule has 0 spiro atoms. The molecule has 1 aromatic carbocycles. The number of carbonyl (C=O) groups excluding carboxylic acids is 1. The van der Waals surface area contributed by atoms with Crippen molar-refractivity contribution >= 4 is 16.9 Å². The molecule has 2 nitrogen and oxygen atoms in total. The van der Waals surface area contributed by atoms with Crippen LogP contribution in [-0.4, -0.2) is 17.2 Å². The van der Waals surface area contributed by atoms with E-state index >= 15 is 0 Å². The molecule has 0 heterocycles. The third kappa shape index (κ3) is 6.15. The second-order valence-electron chi connectivity index (χ2n) is 3.27. The van der Waals surface area contributed by atoms with Crippen LogP contribution < -0.4 is 4.74 Å². The number of hydrogen-bond donors (Lipinski definition) is 0. The van der Waals surface area contributed by atoms with Gasteiger partial charge in [0.25, 0.3) is 0 Å². The Bertz CT molecular complexity index is 529. The number of halogens is 4. The maximum atomic E-state index is 13.3. The van der Waals surface area contributed by atoms with Crippen LogP contribution in [0.15, 0.2) is 18.2 Å². The van der Waals surface area contributed by atoms with E-state index in [1.807, 2.05) is 0 Å². The molecule has 19 heavy (non-hydrogen) atoms. The van der Waals surface area contributed by atoms with Crippen LogP contribution in [0.1, 0.15) is 12.5 Å². The highest BCUT2D eigenvalue weighted by Crippen LogP contribution is 2.24. The quantitative estimate of drug-likeness (QED) is 0.617. The first-order valence-corrected chi connectivity index (χ1v) is 5.94. The highest BCUT2D eigenvalue weighted by atomic mass is 32.2. The van der Waals surface area contributed by atoms with E-state index in [2.05, 4.69) is 16.6 Å². The molecule has 1 rings (SSSR count). The molecule has 0 aliphatic heterocycles. The Morgan fingerprint density at radius 3 is 2.68 bits per heavy atom.